The molecule has 11 N–H and O–H groups in total. The van der Waals surface area contributed by atoms with Crippen molar-refractivity contribution in [2.75, 3.05) is 28.7 Å². The van der Waals surface area contributed by atoms with Crippen LogP contribution in [0.3, 0.4) is 0 Å². The normalized spacial score (nSPS) is 11.5. The molecule has 24 heavy (non-hydrogen) atoms. The Labute approximate surface area is 153 Å². The second-order valence-electron chi connectivity index (χ2n) is 6.11. The highest BCUT2D eigenvalue weighted by atomic mass is 127. The summed E-state index contributed by atoms with van der Waals surface area (Å²) < 4.78 is 0.915. The number of phenolic OH excluding ortho intramolecular Hbond substituents is 1. The van der Waals surface area contributed by atoms with E-state index in [1.54, 1.807) is 0 Å². The van der Waals surface area contributed by atoms with Gasteiger partial charge in [0.15, 0.2) is 0 Å². The maximum Gasteiger partial charge on any atom is 0.144 e. The highest BCUT2D eigenvalue weighted by Gasteiger charge is 2.23. The molecule has 0 unspecified atom stereocenters. The average molecular weight is 437 g/mol. The van der Waals surface area contributed by atoms with Gasteiger partial charge in [0.2, 0.25) is 0 Å². The van der Waals surface area contributed by atoms with Crippen molar-refractivity contribution in [1.29, 1.82) is 0 Å². The Morgan fingerprint density at radius 2 is 1.04 bits per heavy atom. The maximum absolute atomic E-state index is 10.3. The molecule has 7 heteroatoms. The Kier molecular flexibility index (Phi) is 3.52. The molecular formula is C17H20IN5O. The van der Waals surface area contributed by atoms with E-state index in [0.717, 1.165) is 36.2 Å². The summed E-state index contributed by atoms with van der Waals surface area (Å²) in [7, 11) is 0. The lowest BCUT2D eigenvalue weighted by atomic mass is 9.89. The van der Waals surface area contributed by atoms with Gasteiger partial charge < -0.3 is 33.8 Å². The Morgan fingerprint density at radius 3 is 1.58 bits per heavy atom. The fourth-order valence-electron chi connectivity index (χ4n) is 3.42. The minimum atomic E-state index is 0.00529. The third kappa shape index (κ3) is 1.81. The van der Waals surface area contributed by atoms with E-state index < -0.39 is 0 Å². The minimum Gasteiger partial charge on any atom is -0.505 e. The summed E-state index contributed by atoms with van der Waals surface area (Å²) in [4.78, 5) is 0. The van der Waals surface area contributed by atoms with Gasteiger partial charge in [-0.1, -0.05) is 0 Å². The number of rotatable bonds is 0. The first-order valence-corrected chi connectivity index (χ1v) is 8.43. The van der Waals surface area contributed by atoms with Gasteiger partial charge in [-0.3, -0.25) is 0 Å². The van der Waals surface area contributed by atoms with Crippen LogP contribution in [0.2, 0.25) is 0 Å². The molecule has 0 aliphatic heterocycles. The lowest BCUT2D eigenvalue weighted by Crippen LogP contribution is -2.07. The van der Waals surface area contributed by atoms with Crippen LogP contribution >= 0.6 is 22.6 Å². The van der Waals surface area contributed by atoms with Gasteiger partial charge in [-0.2, -0.15) is 0 Å². The SMILES string of the molecule is Cc1c(N)c(N)c(N)c2c(C)c3c(N)c(N)c(O)c(C)c3c(I)c12. The van der Waals surface area contributed by atoms with Crippen LogP contribution in [0.15, 0.2) is 0 Å². The molecule has 0 amide bonds. The number of hydrogen-bond donors (Lipinski definition) is 6. The number of phenols is 1. The third-order valence-electron chi connectivity index (χ3n) is 4.86. The first kappa shape index (κ1) is 16.6. The van der Waals surface area contributed by atoms with Gasteiger partial charge in [-0.05, 0) is 54.5 Å². The van der Waals surface area contributed by atoms with Crippen LogP contribution in [0, 0.1) is 24.3 Å². The van der Waals surface area contributed by atoms with Crippen LogP contribution in [0.1, 0.15) is 16.7 Å². The number of benzene rings is 3. The fourth-order valence-corrected chi connectivity index (χ4v) is 4.77. The quantitative estimate of drug-likeness (QED) is 0.138. The number of halogens is 1. The summed E-state index contributed by atoms with van der Waals surface area (Å²) in [5, 5.41) is 13.7. The lowest BCUT2D eigenvalue weighted by Gasteiger charge is -2.21. The summed E-state index contributed by atoms with van der Waals surface area (Å²) in [6, 6.07) is 0. The van der Waals surface area contributed by atoms with E-state index in [4.69, 9.17) is 28.7 Å². The number of nitrogen functional groups attached to an aromatic ring is 5. The predicted octanol–water partition coefficient (Wildman–Crippen LogP) is 3.14. The van der Waals surface area contributed by atoms with E-state index in [2.05, 4.69) is 22.6 Å². The van der Waals surface area contributed by atoms with Gasteiger partial charge in [0.25, 0.3) is 0 Å². The largest absolute Gasteiger partial charge is 0.505 e. The van der Waals surface area contributed by atoms with Crippen LogP contribution in [0.4, 0.5) is 28.4 Å². The zero-order chi connectivity index (χ0) is 18.1. The lowest BCUT2D eigenvalue weighted by molar-refractivity contribution is 0.475. The molecule has 0 aliphatic carbocycles. The van der Waals surface area contributed by atoms with Crippen molar-refractivity contribution >= 4 is 72.6 Å². The minimum absolute atomic E-state index is 0.00529. The second-order valence-corrected chi connectivity index (χ2v) is 7.18. The molecule has 0 heterocycles. The summed E-state index contributed by atoms with van der Waals surface area (Å²) in [6.45, 7) is 5.66. The van der Waals surface area contributed by atoms with E-state index in [1.165, 1.54) is 0 Å². The smallest absolute Gasteiger partial charge is 0.144 e. The van der Waals surface area contributed by atoms with Crippen LogP contribution < -0.4 is 28.7 Å². The summed E-state index contributed by atoms with van der Waals surface area (Å²) in [5.41, 5.74) is 34.9. The monoisotopic (exact) mass is 437 g/mol. The molecule has 0 fully saturated rings. The van der Waals surface area contributed by atoms with Gasteiger partial charge in [0, 0.05) is 30.7 Å². The second kappa shape index (κ2) is 5.10. The molecule has 0 bridgehead atoms. The number of hydrogen-bond acceptors (Lipinski definition) is 6. The zero-order valence-electron chi connectivity index (χ0n) is 13.7. The van der Waals surface area contributed by atoms with Gasteiger partial charge in [-0.15, -0.1) is 0 Å². The van der Waals surface area contributed by atoms with Crippen molar-refractivity contribution in [3.05, 3.63) is 20.3 Å². The highest BCUT2D eigenvalue weighted by Crippen LogP contribution is 2.48. The molecular weight excluding hydrogens is 417 g/mol. The Bertz CT molecular complexity index is 894. The van der Waals surface area contributed by atoms with Crippen molar-refractivity contribution in [2.45, 2.75) is 20.8 Å². The van der Waals surface area contributed by atoms with E-state index in [9.17, 15) is 5.11 Å². The molecule has 3 aromatic rings. The summed E-state index contributed by atoms with van der Waals surface area (Å²) in [6.07, 6.45) is 0. The average Bonchev–Trinajstić information content (AvgIpc) is 2.55. The number of aromatic hydroxyl groups is 1. The number of fused-ring (bicyclic) bond motifs is 2. The van der Waals surface area contributed by atoms with E-state index in [0.29, 0.717) is 28.3 Å². The predicted molar refractivity (Wildman–Crippen MR) is 112 cm³/mol. The maximum atomic E-state index is 10.3. The van der Waals surface area contributed by atoms with Gasteiger partial charge in [0.1, 0.15) is 5.75 Å². The van der Waals surface area contributed by atoms with Crippen molar-refractivity contribution in [1.82, 2.24) is 0 Å². The summed E-state index contributed by atoms with van der Waals surface area (Å²) >= 11 is 2.24. The molecule has 0 aromatic heterocycles. The van der Waals surface area contributed by atoms with E-state index in [-0.39, 0.29) is 11.4 Å². The van der Waals surface area contributed by atoms with Crippen molar-refractivity contribution in [2.24, 2.45) is 0 Å². The molecule has 126 valence electrons. The molecule has 0 spiro atoms. The molecule has 3 aromatic carbocycles. The van der Waals surface area contributed by atoms with Crippen LogP contribution in [0.5, 0.6) is 5.75 Å². The standard InChI is InChI=1S/C17H20IN5O/c1-4-9-7(5(2)12(19)15(22)13(9)20)11(18)8-6(3)17(24)16(23)14(21)10(4)8/h24H,19-23H2,1-3H3. The Hall–Kier alpha value is -2.29. The van der Waals surface area contributed by atoms with Crippen molar-refractivity contribution in [3.63, 3.8) is 0 Å². The topological polar surface area (TPSA) is 150 Å². The van der Waals surface area contributed by atoms with Gasteiger partial charge >= 0.3 is 0 Å². The first-order valence-electron chi connectivity index (χ1n) is 7.36. The fraction of sp³-hybridized carbons (Fsp3) is 0.176. The molecule has 0 saturated heterocycles. The molecule has 0 aliphatic rings. The van der Waals surface area contributed by atoms with Gasteiger partial charge in [0.05, 0.1) is 28.4 Å². The molecule has 0 atom stereocenters. The zero-order valence-corrected chi connectivity index (χ0v) is 15.9. The number of nitrogens with two attached hydrogens (primary N) is 5. The Morgan fingerprint density at radius 1 is 0.583 bits per heavy atom. The number of anilines is 5. The highest BCUT2D eigenvalue weighted by molar-refractivity contribution is 14.1. The van der Waals surface area contributed by atoms with E-state index in [1.807, 2.05) is 20.8 Å². The van der Waals surface area contributed by atoms with Crippen molar-refractivity contribution < 1.29 is 5.11 Å². The van der Waals surface area contributed by atoms with Crippen LogP contribution in [-0.4, -0.2) is 5.11 Å². The Balaban J connectivity index is 2.82. The molecule has 0 radical (unpaired) electrons. The van der Waals surface area contributed by atoms with Crippen LogP contribution in [0.25, 0.3) is 21.5 Å². The van der Waals surface area contributed by atoms with Gasteiger partial charge in [-0.25, -0.2) is 0 Å². The molecule has 6 nitrogen and oxygen atoms in total. The first-order chi connectivity index (χ1) is 11.1. The third-order valence-corrected chi connectivity index (χ3v) is 5.94. The molecule has 0 saturated carbocycles. The van der Waals surface area contributed by atoms with Crippen molar-refractivity contribution in [3.8, 4) is 5.75 Å². The summed E-state index contributed by atoms with van der Waals surface area (Å²) in [5.74, 6) is 0.00529. The number of aryl methyl sites for hydroxylation is 3. The van der Waals surface area contributed by atoms with Crippen LogP contribution in [-0.2, 0) is 0 Å². The van der Waals surface area contributed by atoms with E-state index >= 15 is 0 Å². The molecule has 3 rings (SSSR count).